The van der Waals surface area contributed by atoms with Crippen LogP contribution in [0.15, 0.2) is 47.4 Å². The first kappa shape index (κ1) is 19.9. The van der Waals surface area contributed by atoms with Crippen LogP contribution in [0.5, 0.6) is 5.75 Å². The number of carbonyl (C=O) groups is 3. The monoisotopic (exact) mass is 399 g/mol. The number of rotatable bonds is 8. The van der Waals surface area contributed by atoms with Gasteiger partial charge in [0.1, 0.15) is 11.3 Å². The highest BCUT2D eigenvalue weighted by Crippen LogP contribution is 2.26. The summed E-state index contributed by atoms with van der Waals surface area (Å²) in [6, 6.07) is 12.1. The molecule has 2 aromatic carbocycles. The van der Waals surface area contributed by atoms with Crippen molar-refractivity contribution < 1.29 is 23.9 Å². The molecule has 1 heterocycles. The molecule has 7 heteroatoms. The van der Waals surface area contributed by atoms with Gasteiger partial charge in [-0.15, -0.1) is 11.8 Å². The second-order valence-corrected chi connectivity index (χ2v) is 7.10. The molecule has 0 bridgehead atoms. The third kappa shape index (κ3) is 4.04. The van der Waals surface area contributed by atoms with Crippen LogP contribution in [0.2, 0.25) is 0 Å². The highest BCUT2D eigenvalue weighted by atomic mass is 32.2. The Morgan fingerprint density at radius 3 is 2.32 bits per heavy atom. The number of hydrogen-bond donors (Lipinski definition) is 0. The average Bonchev–Trinajstić information content (AvgIpc) is 2.97. The van der Waals surface area contributed by atoms with Gasteiger partial charge in [-0.05, 0) is 49.4 Å². The molecule has 1 aliphatic heterocycles. The Kier molecular flexibility index (Phi) is 6.36. The second-order valence-electron chi connectivity index (χ2n) is 6.22. The Balaban J connectivity index is 1.47. The van der Waals surface area contributed by atoms with Crippen molar-refractivity contribution >= 4 is 29.5 Å². The summed E-state index contributed by atoms with van der Waals surface area (Å²) in [5.74, 6) is -0.513. The summed E-state index contributed by atoms with van der Waals surface area (Å²) in [6.07, 6.45) is 3.05. The zero-order valence-electron chi connectivity index (χ0n) is 15.8. The normalized spacial score (nSPS) is 12.9. The number of benzene rings is 2. The van der Waals surface area contributed by atoms with Crippen molar-refractivity contribution in [1.29, 1.82) is 0 Å². The molecule has 0 saturated carbocycles. The molecule has 0 spiro atoms. The Labute approximate surface area is 167 Å². The van der Waals surface area contributed by atoms with Gasteiger partial charge in [-0.3, -0.25) is 14.5 Å². The van der Waals surface area contributed by atoms with Gasteiger partial charge in [-0.1, -0.05) is 12.1 Å². The van der Waals surface area contributed by atoms with Crippen molar-refractivity contribution in [2.75, 3.05) is 26.5 Å². The average molecular weight is 399 g/mol. The van der Waals surface area contributed by atoms with Crippen LogP contribution in [0.3, 0.4) is 0 Å². The fourth-order valence-corrected chi connectivity index (χ4v) is 3.45. The Morgan fingerprint density at radius 2 is 1.71 bits per heavy atom. The number of amides is 2. The number of fused-ring (bicyclic) bond motifs is 1. The first-order valence-electron chi connectivity index (χ1n) is 8.91. The number of unbranched alkanes of at least 4 members (excludes halogenated alkanes) is 1. The number of methoxy groups -OCH3 is 1. The number of esters is 1. The van der Waals surface area contributed by atoms with E-state index in [1.807, 2.05) is 12.3 Å². The summed E-state index contributed by atoms with van der Waals surface area (Å²) in [5, 5.41) is 0. The maximum atomic E-state index is 12.3. The molecule has 6 nitrogen and oxygen atoms in total. The minimum Gasteiger partial charge on any atom is -0.496 e. The molecule has 0 aromatic heterocycles. The van der Waals surface area contributed by atoms with E-state index in [-0.39, 0.29) is 18.4 Å². The lowest BCUT2D eigenvalue weighted by molar-refractivity contribution is 0.0482. The molecule has 2 amide bonds. The predicted octanol–water partition coefficient (Wildman–Crippen LogP) is 3.65. The van der Waals surface area contributed by atoms with E-state index >= 15 is 0 Å². The van der Waals surface area contributed by atoms with Crippen molar-refractivity contribution in [1.82, 2.24) is 4.90 Å². The molecule has 28 heavy (non-hydrogen) atoms. The van der Waals surface area contributed by atoms with Crippen molar-refractivity contribution in [2.45, 2.75) is 17.7 Å². The lowest BCUT2D eigenvalue weighted by Crippen LogP contribution is -2.30. The van der Waals surface area contributed by atoms with Crippen molar-refractivity contribution in [3.05, 3.63) is 59.2 Å². The van der Waals surface area contributed by atoms with Crippen LogP contribution in [0.4, 0.5) is 0 Å². The van der Waals surface area contributed by atoms with E-state index < -0.39 is 5.97 Å². The molecule has 0 N–H and O–H groups in total. The van der Waals surface area contributed by atoms with Crippen LogP contribution in [0.25, 0.3) is 0 Å². The van der Waals surface area contributed by atoms with Crippen LogP contribution in [-0.2, 0) is 4.74 Å². The second kappa shape index (κ2) is 8.93. The van der Waals surface area contributed by atoms with E-state index in [9.17, 15) is 14.4 Å². The van der Waals surface area contributed by atoms with Crippen molar-refractivity contribution in [3.8, 4) is 5.75 Å². The molecular formula is C21H21NO5S. The van der Waals surface area contributed by atoms with Crippen LogP contribution < -0.4 is 4.74 Å². The Morgan fingerprint density at radius 1 is 1.04 bits per heavy atom. The summed E-state index contributed by atoms with van der Waals surface area (Å²) in [6.45, 7) is 0.505. The summed E-state index contributed by atoms with van der Waals surface area (Å²) in [7, 11) is 1.51. The molecule has 0 aliphatic carbocycles. The minimum absolute atomic E-state index is 0.204. The Hall–Kier alpha value is -2.80. The number of ether oxygens (including phenoxy) is 2. The standard InChI is InChI=1S/C21H21NO5S/c1-26-18-13-14(28-2)9-10-17(18)21(25)27-12-6-5-11-22-19(23)15-7-3-4-8-16(15)20(22)24/h3-4,7-10,13H,5-6,11-12H2,1-2H3. The van der Waals surface area contributed by atoms with Gasteiger partial charge in [0.25, 0.3) is 11.8 Å². The molecule has 0 fully saturated rings. The number of carbonyl (C=O) groups excluding carboxylic acids is 3. The molecule has 146 valence electrons. The van der Waals surface area contributed by atoms with Crippen LogP contribution in [0.1, 0.15) is 43.9 Å². The van der Waals surface area contributed by atoms with Gasteiger partial charge in [-0.2, -0.15) is 0 Å². The molecule has 1 aliphatic rings. The highest BCUT2D eigenvalue weighted by Gasteiger charge is 2.34. The predicted molar refractivity (Wildman–Crippen MR) is 106 cm³/mol. The van der Waals surface area contributed by atoms with Gasteiger partial charge in [0, 0.05) is 11.4 Å². The lowest BCUT2D eigenvalue weighted by atomic mass is 10.1. The minimum atomic E-state index is -0.453. The number of hydrogen-bond acceptors (Lipinski definition) is 6. The first-order valence-corrected chi connectivity index (χ1v) is 10.1. The van der Waals surface area contributed by atoms with E-state index in [4.69, 9.17) is 9.47 Å². The zero-order valence-corrected chi connectivity index (χ0v) is 16.6. The molecule has 2 aromatic rings. The molecule has 3 rings (SSSR count). The highest BCUT2D eigenvalue weighted by molar-refractivity contribution is 7.98. The summed E-state index contributed by atoms with van der Waals surface area (Å²) in [4.78, 5) is 39.1. The van der Waals surface area contributed by atoms with Gasteiger partial charge in [0.05, 0.1) is 24.8 Å². The van der Waals surface area contributed by atoms with Gasteiger partial charge >= 0.3 is 5.97 Å². The summed E-state index contributed by atoms with van der Waals surface area (Å²) in [5.41, 5.74) is 1.26. The van der Waals surface area contributed by atoms with E-state index in [0.717, 1.165) is 4.90 Å². The van der Waals surface area contributed by atoms with Crippen LogP contribution in [0, 0.1) is 0 Å². The Bertz CT molecular complexity index is 876. The number of imide groups is 1. The van der Waals surface area contributed by atoms with Crippen molar-refractivity contribution in [3.63, 3.8) is 0 Å². The fraction of sp³-hybridized carbons (Fsp3) is 0.286. The molecule has 0 saturated heterocycles. The van der Waals surface area contributed by atoms with Gasteiger partial charge in [0.2, 0.25) is 0 Å². The molecular weight excluding hydrogens is 378 g/mol. The van der Waals surface area contributed by atoms with Gasteiger partial charge in [0.15, 0.2) is 0 Å². The maximum absolute atomic E-state index is 12.3. The van der Waals surface area contributed by atoms with E-state index in [1.54, 1.807) is 48.2 Å². The van der Waals surface area contributed by atoms with E-state index in [2.05, 4.69) is 0 Å². The first-order chi connectivity index (χ1) is 13.6. The molecule has 0 atom stereocenters. The third-order valence-corrected chi connectivity index (χ3v) is 5.24. The number of nitrogens with zero attached hydrogens (tertiary/aromatic N) is 1. The quantitative estimate of drug-likeness (QED) is 0.292. The smallest absolute Gasteiger partial charge is 0.341 e. The maximum Gasteiger partial charge on any atom is 0.341 e. The SMILES string of the molecule is COc1cc(SC)ccc1C(=O)OCCCCN1C(=O)c2ccccc2C1=O. The summed E-state index contributed by atoms with van der Waals surface area (Å²) < 4.78 is 10.6. The van der Waals surface area contributed by atoms with Gasteiger partial charge < -0.3 is 9.47 Å². The fourth-order valence-electron chi connectivity index (χ4n) is 3.02. The van der Waals surface area contributed by atoms with E-state index in [1.165, 1.54) is 12.0 Å². The summed E-state index contributed by atoms with van der Waals surface area (Å²) >= 11 is 1.56. The third-order valence-electron chi connectivity index (χ3n) is 4.52. The van der Waals surface area contributed by atoms with Gasteiger partial charge in [-0.25, -0.2) is 4.79 Å². The zero-order chi connectivity index (χ0) is 20.1. The van der Waals surface area contributed by atoms with E-state index in [0.29, 0.717) is 41.8 Å². The molecule has 0 radical (unpaired) electrons. The number of thioether (sulfide) groups is 1. The topological polar surface area (TPSA) is 72.9 Å². The van der Waals surface area contributed by atoms with Crippen LogP contribution >= 0.6 is 11.8 Å². The van der Waals surface area contributed by atoms with Crippen molar-refractivity contribution in [2.24, 2.45) is 0 Å². The lowest BCUT2D eigenvalue weighted by Gasteiger charge is -2.14. The molecule has 0 unspecified atom stereocenters. The van der Waals surface area contributed by atoms with Crippen LogP contribution in [-0.4, -0.2) is 49.2 Å². The largest absolute Gasteiger partial charge is 0.496 e.